The Hall–Kier alpha value is -2.37. The van der Waals surface area contributed by atoms with E-state index < -0.39 is 0 Å². The van der Waals surface area contributed by atoms with Gasteiger partial charge in [0.1, 0.15) is 5.82 Å². The molecular weight excluding hydrogens is 276 g/mol. The number of aliphatic imine (C=N–C) groups is 1. The van der Waals surface area contributed by atoms with Crippen molar-refractivity contribution >= 4 is 5.96 Å². The van der Waals surface area contributed by atoms with Crippen molar-refractivity contribution in [2.75, 3.05) is 14.1 Å². The summed E-state index contributed by atoms with van der Waals surface area (Å²) in [7, 11) is 3.84. The number of guanidine groups is 1. The number of benzene rings is 1. The maximum atomic E-state index is 4.35. The fourth-order valence-corrected chi connectivity index (χ4v) is 2.82. The van der Waals surface area contributed by atoms with E-state index in [0.717, 1.165) is 37.1 Å². The van der Waals surface area contributed by atoms with Gasteiger partial charge in [-0.3, -0.25) is 4.99 Å². The van der Waals surface area contributed by atoms with Crippen molar-refractivity contribution in [3.63, 3.8) is 0 Å². The van der Waals surface area contributed by atoms with Crippen molar-refractivity contribution in [1.29, 1.82) is 0 Å². The molecule has 1 aliphatic rings. The average Bonchev–Trinajstić information content (AvgIpc) is 3.13. The molecule has 2 heterocycles. The van der Waals surface area contributed by atoms with Gasteiger partial charge in [-0.25, -0.2) is 0 Å². The number of fused-ring (bicyclic) bond motifs is 1. The van der Waals surface area contributed by atoms with E-state index in [1.807, 2.05) is 13.1 Å². The van der Waals surface area contributed by atoms with E-state index in [4.69, 9.17) is 0 Å². The molecule has 116 valence electrons. The predicted molar refractivity (Wildman–Crippen MR) is 86.5 cm³/mol. The highest BCUT2D eigenvalue weighted by Crippen LogP contribution is 2.13. The Kier molecular flexibility index (Phi) is 4.37. The Bertz CT molecular complexity index is 646. The minimum Gasteiger partial charge on any atom is -0.349 e. The molecule has 1 aromatic heterocycles. The van der Waals surface area contributed by atoms with Crippen LogP contribution in [0.2, 0.25) is 0 Å². The SMILES string of the molecule is CN=C(NCc1nnc2n1CCC2)N(C)Cc1ccccc1. The first-order valence-corrected chi connectivity index (χ1v) is 7.64. The van der Waals surface area contributed by atoms with Gasteiger partial charge in [0.2, 0.25) is 0 Å². The van der Waals surface area contributed by atoms with Gasteiger partial charge >= 0.3 is 0 Å². The smallest absolute Gasteiger partial charge is 0.194 e. The van der Waals surface area contributed by atoms with Gasteiger partial charge in [-0.2, -0.15) is 0 Å². The zero-order valence-electron chi connectivity index (χ0n) is 13.2. The first kappa shape index (κ1) is 14.6. The Morgan fingerprint density at radius 2 is 2.14 bits per heavy atom. The molecule has 0 atom stereocenters. The van der Waals surface area contributed by atoms with Gasteiger partial charge in [-0.15, -0.1) is 10.2 Å². The monoisotopic (exact) mass is 298 g/mol. The summed E-state index contributed by atoms with van der Waals surface area (Å²) in [4.78, 5) is 6.46. The van der Waals surface area contributed by atoms with E-state index in [2.05, 4.69) is 54.2 Å². The Morgan fingerprint density at radius 1 is 1.32 bits per heavy atom. The number of nitrogens with one attached hydrogen (secondary N) is 1. The van der Waals surface area contributed by atoms with E-state index in [-0.39, 0.29) is 0 Å². The summed E-state index contributed by atoms with van der Waals surface area (Å²) in [6.45, 7) is 2.50. The van der Waals surface area contributed by atoms with E-state index in [1.165, 1.54) is 12.0 Å². The molecule has 0 aliphatic carbocycles. The topological polar surface area (TPSA) is 58.3 Å². The summed E-state index contributed by atoms with van der Waals surface area (Å²) >= 11 is 0. The van der Waals surface area contributed by atoms with E-state index in [9.17, 15) is 0 Å². The molecule has 0 amide bonds. The zero-order chi connectivity index (χ0) is 15.4. The van der Waals surface area contributed by atoms with Crippen LogP contribution in [-0.4, -0.2) is 39.7 Å². The molecule has 6 heteroatoms. The van der Waals surface area contributed by atoms with Crippen molar-refractivity contribution in [3.8, 4) is 0 Å². The molecule has 1 aromatic carbocycles. The molecule has 0 radical (unpaired) electrons. The second kappa shape index (κ2) is 6.60. The second-order valence-corrected chi connectivity index (χ2v) is 5.53. The number of nitrogens with zero attached hydrogens (tertiary/aromatic N) is 5. The predicted octanol–water partition coefficient (Wildman–Crippen LogP) is 1.43. The second-order valence-electron chi connectivity index (χ2n) is 5.53. The van der Waals surface area contributed by atoms with Crippen LogP contribution in [0.25, 0.3) is 0 Å². The summed E-state index contributed by atoms with van der Waals surface area (Å²) in [5, 5.41) is 11.9. The molecule has 0 bridgehead atoms. The fraction of sp³-hybridized carbons (Fsp3) is 0.438. The van der Waals surface area contributed by atoms with Crippen LogP contribution in [0, 0.1) is 0 Å². The lowest BCUT2D eigenvalue weighted by Gasteiger charge is -2.22. The largest absolute Gasteiger partial charge is 0.349 e. The van der Waals surface area contributed by atoms with E-state index in [0.29, 0.717) is 6.54 Å². The van der Waals surface area contributed by atoms with Gasteiger partial charge in [0.15, 0.2) is 11.8 Å². The van der Waals surface area contributed by atoms with Gasteiger partial charge < -0.3 is 14.8 Å². The molecular formula is C16H22N6. The minimum atomic E-state index is 0.652. The third kappa shape index (κ3) is 3.10. The molecule has 0 fully saturated rings. The maximum Gasteiger partial charge on any atom is 0.194 e. The molecule has 1 N–H and O–H groups in total. The van der Waals surface area contributed by atoms with Crippen LogP contribution in [0.1, 0.15) is 23.6 Å². The first-order valence-electron chi connectivity index (χ1n) is 7.64. The molecule has 2 aromatic rings. The molecule has 0 unspecified atom stereocenters. The zero-order valence-corrected chi connectivity index (χ0v) is 13.2. The summed E-state index contributed by atoms with van der Waals surface area (Å²) in [6, 6.07) is 10.4. The molecule has 3 rings (SSSR count). The standard InChI is InChI=1S/C16H22N6/c1-17-16(21(2)12-13-7-4-3-5-8-13)18-11-15-20-19-14-9-6-10-22(14)15/h3-5,7-8H,6,9-12H2,1-2H3,(H,17,18). The number of rotatable bonds is 4. The van der Waals surface area contributed by atoms with Gasteiger partial charge in [-0.1, -0.05) is 30.3 Å². The summed E-state index contributed by atoms with van der Waals surface area (Å²) in [5.41, 5.74) is 1.26. The number of hydrogen-bond acceptors (Lipinski definition) is 3. The lowest BCUT2D eigenvalue weighted by molar-refractivity contribution is 0.474. The normalized spacial score (nSPS) is 14.0. The molecule has 22 heavy (non-hydrogen) atoms. The van der Waals surface area contributed by atoms with Crippen molar-refractivity contribution in [2.45, 2.75) is 32.5 Å². The number of hydrogen-bond donors (Lipinski definition) is 1. The maximum absolute atomic E-state index is 4.35. The Balaban J connectivity index is 1.60. The van der Waals surface area contributed by atoms with Gasteiger partial charge in [0.25, 0.3) is 0 Å². The van der Waals surface area contributed by atoms with Crippen LogP contribution < -0.4 is 5.32 Å². The fourth-order valence-electron chi connectivity index (χ4n) is 2.82. The third-order valence-electron chi connectivity index (χ3n) is 3.93. The van der Waals surface area contributed by atoms with Crippen LogP contribution >= 0.6 is 0 Å². The highest BCUT2D eigenvalue weighted by molar-refractivity contribution is 5.79. The highest BCUT2D eigenvalue weighted by atomic mass is 15.3. The molecule has 0 spiro atoms. The first-order chi connectivity index (χ1) is 10.8. The van der Waals surface area contributed by atoms with Crippen LogP contribution in [0.5, 0.6) is 0 Å². The summed E-state index contributed by atoms with van der Waals surface area (Å²) in [5.74, 6) is 2.95. The third-order valence-corrected chi connectivity index (χ3v) is 3.93. The molecule has 0 saturated carbocycles. The lowest BCUT2D eigenvalue weighted by atomic mass is 10.2. The van der Waals surface area contributed by atoms with Crippen LogP contribution in [0.3, 0.4) is 0 Å². The molecule has 0 saturated heterocycles. The molecule has 1 aliphatic heterocycles. The van der Waals surface area contributed by atoms with Crippen LogP contribution in [0.15, 0.2) is 35.3 Å². The van der Waals surface area contributed by atoms with E-state index >= 15 is 0 Å². The van der Waals surface area contributed by atoms with Gasteiger partial charge in [0, 0.05) is 33.6 Å². The highest BCUT2D eigenvalue weighted by Gasteiger charge is 2.17. The van der Waals surface area contributed by atoms with E-state index in [1.54, 1.807) is 7.05 Å². The van der Waals surface area contributed by atoms with Crippen LogP contribution in [-0.2, 0) is 26.1 Å². The van der Waals surface area contributed by atoms with Gasteiger partial charge in [-0.05, 0) is 12.0 Å². The van der Waals surface area contributed by atoms with Gasteiger partial charge in [0.05, 0.1) is 6.54 Å². The molecule has 6 nitrogen and oxygen atoms in total. The van der Waals surface area contributed by atoms with Crippen molar-refractivity contribution in [3.05, 3.63) is 47.5 Å². The quantitative estimate of drug-likeness (QED) is 0.685. The lowest BCUT2D eigenvalue weighted by Crippen LogP contribution is -2.38. The number of aryl methyl sites for hydroxylation is 1. The van der Waals surface area contributed by atoms with Crippen molar-refractivity contribution in [2.24, 2.45) is 4.99 Å². The Labute approximate surface area is 130 Å². The summed E-state index contributed by atoms with van der Waals surface area (Å²) < 4.78 is 2.21. The van der Waals surface area contributed by atoms with Crippen LogP contribution in [0.4, 0.5) is 0 Å². The Morgan fingerprint density at radius 3 is 2.91 bits per heavy atom. The minimum absolute atomic E-state index is 0.652. The van der Waals surface area contributed by atoms with Crippen molar-refractivity contribution in [1.82, 2.24) is 25.0 Å². The average molecular weight is 298 g/mol. The number of aromatic nitrogens is 3. The summed E-state index contributed by atoms with van der Waals surface area (Å²) in [6.07, 6.45) is 2.20. The van der Waals surface area contributed by atoms with Crippen molar-refractivity contribution < 1.29 is 0 Å².